The minimum absolute atomic E-state index is 0.229. The van der Waals surface area contributed by atoms with Crippen LogP contribution in [-0.2, 0) is 0 Å². The number of ether oxygens (including phenoxy) is 1. The monoisotopic (exact) mass is 240 g/mol. The second-order valence-electron chi connectivity index (χ2n) is 4.00. The molecule has 0 unspecified atom stereocenters. The van der Waals surface area contributed by atoms with Gasteiger partial charge in [-0.2, -0.15) is 0 Å². The lowest BCUT2D eigenvalue weighted by atomic mass is 10.2. The van der Waals surface area contributed by atoms with Crippen LogP contribution >= 0.6 is 0 Å². The van der Waals surface area contributed by atoms with E-state index in [0.717, 1.165) is 22.7 Å². The highest BCUT2D eigenvalue weighted by Crippen LogP contribution is 2.24. The zero-order valence-electron chi connectivity index (χ0n) is 9.87. The maximum Gasteiger partial charge on any atom is 0.144 e. The van der Waals surface area contributed by atoms with E-state index < -0.39 is 0 Å². The summed E-state index contributed by atoms with van der Waals surface area (Å²) < 4.78 is 7.15. The number of benzene rings is 1. The molecule has 0 radical (unpaired) electrons. The Morgan fingerprint density at radius 1 is 1.22 bits per heavy atom. The van der Waals surface area contributed by atoms with E-state index in [-0.39, 0.29) is 5.75 Å². The standard InChI is InChI=1S/C14H12N2O2/c1-18-13-6-5-11-8-15-14(16(11)9-13)10-3-2-4-12(17)7-10/h2-9,17H,1H3. The fourth-order valence-corrected chi connectivity index (χ4v) is 1.95. The number of hydrogen-bond acceptors (Lipinski definition) is 3. The Labute approximate surface area is 104 Å². The summed E-state index contributed by atoms with van der Waals surface area (Å²) >= 11 is 0. The molecular formula is C14H12N2O2. The van der Waals surface area contributed by atoms with Gasteiger partial charge in [0.25, 0.3) is 0 Å². The highest BCUT2D eigenvalue weighted by Gasteiger charge is 2.07. The molecule has 90 valence electrons. The van der Waals surface area contributed by atoms with Crippen LogP contribution in [0.15, 0.2) is 48.8 Å². The number of hydrogen-bond donors (Lipinski definition) is 1. The van der Waals surface area contributed by atoms with Gasteiger partial charge in [-0.1, -0.05) is 12.1 Å². The first-order chi connectivity index (χ1) is 8.78. The Morgan fingerprint density at radius 2 is 2.11 bits per heavy atom. The fraction of sp³-hybridized carbons (Fsp3) is 0.0714. The molecule has 1 N–H and O–H groups in total. The lowest BCUT2D eigenvalue weighted by Gasteiger charge is -2.04. The Hall–Kier alpha value is -2.49. The first kappa shape index (κ1) is 10.7. The summed E-state index contributed by atoms with van der Waals surface area (Å²) in [5.41, 5.74) is 1.84. The number of methoxy groups -OCH3 is 1. The summed E-state index contributed by atoms with van der Waals surface area (Å²) in [6.45, 7) is 0. The van der Waals surface area contributed by atoms with Crippen LogP contribution in [0.5, 0.6) is 11.5 Å². The van der Waals surface area contributed by atoms with Gasteiger partial charge in [0, 0.05) is 5.56 Å². The minimum atomic E-state index is 0.229. The highest BCUT2D eigenvalue weighted by molar-refractivity contribution is 5.64. The summed E-state index contributed by atoms with van der Waals surface area (Å²) in [6, 6.07) is 10.9. The number of rotatable bonds is 2. The zero-order valence-corrected chi connectivity index (χ0v) is 9.87. The van der Waals surface area contributed by atoms with Gasteiger partial charge in [0.1, 0.15) is 17.3 Å². The van der Waals surface area contributed by atoms with Crippen molar-refractivity contribution in [2.75, 3.05) is 7.11 Å². The fourth-order valence-electron chi connectivity index (χ4n) is 1.95. The Balaban J connectivity index is 2.22. The molecule has 0 saturated carbocycles. The van der Waals surface area contributed by atoms with Crippen molar-refractivity contribution >= 4 is 5.52 Å². The molecule has 18 heavy (non-hydrogen) atoms. The Bertz CT molecular complexity index is 704. The average Bonchev–Trinajstić information content (AvgIpc) is 2.81. The average molecular weight is 240 g/mol. The third kappa shape index (κ3) is 1.68. The summed E-state index contributed by atoms with van der Waals surface area (Å²) in [5.74, 6) is 1.77. The van der Waals surface area contributed by atoms with Crippen LogP contribution in [0.3, 0.4) is 0 Å². The molecule has 3 rings (SSSR count). The molecule has 3 aromatic rings. The number of aromatic hydroxyl groups is 1. The molecule has 0 aliphatic heterocycles. The Morgan fingerprint density at radius 3 is 2.89 bits per heavy atom. The second kappa shape index (κ2) is 4.07. The number of phenolic OH excluding ortho intramolecular Hbond substituents is 1. The normalized spacial score (nSPS) is 10.7. The largest absolute Gasteiger partial charge is 0.508 e. The van der Waals surface area contributed by atoms with E-state index >= 15 is 0 Å². The molecule has 0 amide bonds. The number of fused-ring (bicyclic) bond motifs is 1. The number of imidazole rings is 1. The van der Waals surface area contributed by atoms with Gasteiger partial charge in [0.05, 0.1) is 25.0 Å². The van der Waals surface area contributed by atoms with Crippen molar-refractivity contribution in [3.8, 4) is 22.9 Å². The van der Waals surface area contributed by atoms with E-state index in [1.54, 1.807) is 31.5 Å². The van der Waals surface area contributed by atoms with E-state index in [2.05, 4.69) is 4.98 Å². The van der Waals surface area contributed by atoms with Crippen LogP contribution in [-0.4, -0.2) is 21.6 Å². The number of pyridine rings is 1. The van der Waals surface area contributed by atoms with Crippen molar-refractivity contribution in [1.29, 1.82) is 0 Å². The predicted octanol–water partition coefficient (Wildman–Crippen LogP) is 2.72. The third-order valence-corrected chi connectivity index (χ3v) is 2.84. The molecule has 2 aromatic heterocycles. The number of aromatic nitrogens is 2. The highest BCUT2D eigenvalue weighted by atomic mass is 16.5. The first-order valence-electron chi connectivity index (χ1n) is 5.58. The quantitative estimate of drug-likeness (QED) is 0.749. The van der Waals surface area contributed by atoms with Gasteiger partial charge in [-0.15, -0.1) is 0 Å². The van der Waals surface area contributed by atoms with Crippen molar-refractivity contribution in [1.82, 2.24) is 9.38 Å². The van der Waals surface area contributed by atoms with E-state index in [1.165, 1.54) is 0 Å². The predicted molar refractivity (Wildman–Crippen MR) is 68.8 cm³/mol. The number of phenols is 1. The first-order valence-corrected chi connectivity index (χ1v) is 5.58. The minimum Gasteiger partial charge on any atom is -0.508 e. The molecule has 0 aliphatic carbocycles. The van der Waals surface area contributed by atoms with Gasteiger partial charge in [-0.25, -0.2) is 4.98 Å². The van der Waals surface area contributed by atoms with Crippen molar-refractivity contribution in [2.24, 2.45) is 0 Å². The maximum absolute atomic E-state index is 9.52. The molecule has 0 aliphatic rings. The van der Waals surface area contributed by atoms with Crippen molar-refractivity contribution in [3.63, 3.8) is 0 Å². The van der Waals surface area contributed by atoms with Gasteiger partial charge >= 0.3 is 0 Å². The van der Waals surface area contributed by atoms with Crippen molar-refractivity contribution < 1.29 is 9.84 Å². The van der Waals surface area contributed by atoms with Crippen molar-refractivity contribution in [3.05, 3.63) is 48.8 Å². The van der Waals surface area contributed by atoms with Gasteiger partial charge < -0.3 is 9.84 Å². The molecule has 0 spiro atoms. The topological polar surface area (TPSA) is 46.8 Å². The molecular weight excluding hydrogens is 228 g/mol. The van der Waals surface area contributed by atoms with Crippen LogP contribution in [0.4, 0.5) is 0 Å². The molecule has 4 nitrogen and oxygen atoms in total. The maximum atomic E-state index is 9.52. The lowest BCUT2D eigenvalue weighted by Crippen LogP contribution is -1.91. The summed E-state index contributed by atoms with van der Waals surface area (Å²) in [5, 5.41) is 9.52. The summed E-state index contributed by atoms with van der Waals surface area (Å²) in [4.78, 5) is 4.38. The van der Waals surface area contributed by atoms with Gasteiger partial charge in [-0.3, -0.25) is 4.40 Å². The molecule has 0 atom stereocenters. The van der Waals surface area contributed by atoms with E-state index in [0.29, 0.717) is 0 Å². The lowest BCUT2D eigenvalue weighted by molar-refractivity contribution is 0.412. The van der Waals surface area contributed by atoms with Crippen LogP contribution in [0, 0.1) is 0 Å². The molecule has 4 heteroatoms. The van der Waals surface area contributed by atoms with Gasteiger partial charge in [-0.05, 0) is 24.3 Å². The molecule has 0 fully saturated rings. The summed E-state index contributed by atoms with van der Waals surface area (Å²) in [7, 11) is 1.63. The van der Waals surface area contributed by atoms with Gasteiger partial charge in [0.15, 0.2) is 0 Å². The van der Waals surface area contributed by atoms with E-state index in [1.807, 2.05) is 28.8 Å². The van der Waals surface area contributed by atoms with Crippen LogP contribution in [0.25, 0.3) is 16.9 Å². The van der Waals surface area contributed by atoms with E-state index in [9.17, 15) is 5.11 Å². The zero-order chi connectivity index (χ0) is 12.5. The van der Waals surface area contributed by atoms with Crippen LogP contribution < -0.4 is 4.74 Å². The molecule has 0 saturated heterocycles. The van der Waals surface area contributed by atoms with Crippen LogP contribution in [0.2, 0.25) is 0 Å². The van der Waals surface area contributed by atoms with E-state index in [4.69, 9.17) is 4.74 Å². The molecule has 0 bridgehead atoms. The molecule has 2 heterocycles. The Kier molecular flexibility index (Phi) is 2.41. The van der Waals surface area contributed by atoms with Crippen molar-refractivity contribution in [2.45, 2.75) is 0 Å². The summed E-state index contributed by atoms with van der Waals surface area (Å²) in [6.07, 6.45) is 3.67. The number of nitrogens with zero attached hydrogens (tertiary/aromatic N) is 2. The van der Waals surface area contributed by atoms with Crippen LogP contribution in [0.1, 0.15) is 0 Å². The SMILES string of the molecule is COc1ccc2cnc(-c3cccc(O)c3)n2c1. The smallest absolute Gasteiger partial charge is 0.144 e. The van der Waals surface area contributed by atoms with Gasteiger partial charge in [0.2, 0.25) is 0 Å². The third-order valence-electron chi connectivity index (χ3n) is 2.84. The molecule has 1 aromatic carbocycles. The second-order valence-corrected chi connectivity index (χ2v) is 4.00.